The summed E-state index contributed by atoms with van der Waals surface area (Å²) in [5.74, 6) is 0.0475. The summed E-state index contributed by atoms with van der Waals surface area (Å²) < 4.78 is 0. The first-order chi connectivity index (χ1) is 10.1. The molecule has 5 heteroatoms. The first kappa shape index (κ1) is 16.5. The van der Waals surface area contributed by atoms with E-state index in [1.54, 1.807) is 11.3 Å². The minimum atomic E-state index is 0.0475. The zero-order valence-electron chi connectivity index (χ0n) is 13.0. The zero-order chi connectivity index (χ0) is 15.2. The standard InChI is InChI=1S/C16H26N2O2S/c1-12-10-15(13(2)21-12)16(20)17-7-3-4-8-18-9-5-6-14(18)11-19/h10,14,19H,3-9,11H2,1-2H3,(H,17,20). The third-order valence-electron chi connectivity index (χ3n) is 4.15. The number of hydrogen-bond donors (Lipinski definition) is 2. The fourth-order valence-electron chi connectivity index (χ4n) is 2.99. The third kappa shape index (κ3) is 4.53. The van der Waals surface area contributed by atoms with Crippen LogP contribution in [-0.4, -0.2) is 48.2 Å². The van der Waals surface area contributed by atoms with Crippen molar-refractivity contribution in [2.24, 2.45) is 0 Å². The van der Waals surface area contributed by atoms with Crippen LogP contribution < -0.4 is 5.32 Å². The average Bonchev–Trinajstić information content (AvgIpc) is 3.04. The highest BCUT2D eigenvalue weighted by Gasteiger charge is 2.22. The molecule has 1 saturated heterocycles. The van der Waals surface area contributed by atoms with Gasteiger partial charge in [0.25, 0.3) is 5.91 Å². The molecule has 1 atom stereocenters. The largest absolute Gasteiger partial charge is 0.395 e. The highest BCUT2D eigenvalue weighted by Crippen LogP contribution is 2.20. The molecule has 1 unspecified atom stereocenters. The summed E-state index contributed by atoms with van der Waals surface area (Å²) in [7, 11) is 0. The number of rotatable bonds is 7. The average molecular weight is 310 g/mol. The van der Waals surface area contributed by atoms with Gasteiger partial charge in [-0.3, -0.25) is 9.69 Å². The van der Waals surface area contributed by atoms with Gasteiger partial charge in [0.15, 0.2) is 0 Å². The summed E-state index contributed by atoms with van der Waals surface area (Å²) in [4.78, 5) is 16.7. The van der Waals surface area contributed by atoms with Crippen LogP contribution in [0, 0.1) is 13.8 Å². The van der Waals surface area contributed by atoms with E-state index in [4.69, 9.17) is 0 Å². The number of aryl methyl sites for hydroxylation is 2. The Labute approximate surface area is 131 Å². The van der Waals surface area contributed by atoms with Crippen molar-refractivity contribution in [3.63, 3.8) is 0 Å². The summed E-state index contributed by atoms with van der Waals surface area (Å²) in [6, 6.07) is 2.32. The first-order valence-corrected chi connectivity index (χ1v) is 8.63. The number of aliphatic hydroxyl groups excluding tert-OH is 1. The van der Waals surface area contributed by atoms with E-state index in [9.17, 15) is 9.90 Å². The van der Waals surface area contributed by atoms with Gasteiger partial charge < -0.3 is 10.4 Å². The predicted molar refractivity (Wildman–Crippen MR) is 87.0 cm³/mol. The van der Waals surface area contributed by atoms with Crippen molar-refractivity contribution in [3.05, 3.63) is 21.4 Å². The van der Waals surface area contributed by atoms with Crippen molar-refractivity contribution in [1.82, 2.24) is 10.2 Å². The molecule has 1 amide bonds. The van der Waals surface area contributed by atoms with Crippen LogP contribution in [0.1, 0.15) is 45.8 Å². The van der Waals surface area contributed by atoms with Crippen LogP contribution in [0.3, 0.4) is 0 Å². The molecule has 21 heavy (non-hydrogen) atoms. The maximum Gasteiger partial charge on any atom is 0.252 e. The normalized spacial score (nSPS) is 19.1. The highest BCUT2D eigenvalue weighted by molar-refractivity contribution is 7.12. The number of thiophene rings is 1. The Morgan fingerprint density at radius 3 is 2.95 bits per heavy atom. The Hall–Kier alpha value is -0.910. The molecule has 1 aliphatic rings. The summed E-state index contributed by atoms with van der Waals surface area (Å²) in [5, 5.41) is 12.3. The molecule has 2 heterocycles. The molecule has 0 saturated carbocycles. The van der Waals surface area contributed by atoms with Crippen molar-refractivity contribution in [1.29, 1.82) is 0 Å². The summed E-state index contributed by atoms with van der Waals surface area (Å²) in [6.45, 7) is 7.15. The summed E-state index contributed by atoms with van der Waals surface area (Å²) in [5.41, 5.74) is 0.817. The molecule has 1 aromatic heterocycles. The smallest absolute Gasteiger partial charge is 0.252 e. The van der Waals surface area contributed by atoms with Crippen LogP contribution in [0.2, 0.25) is 0 Å². The second-order valence-corrected chi connectivity index (χ2v) is 7.26. The van der Waals surface area contributed by atoms with Gasteiger partial charge in [0, 0.05) is 22.3 Å². The predicted octanol–water partition coefficient (Wildman–Crippen LogP) is 2.33. The van der Waals surface area contributed by atoms with Crippen molar-refractivity contribution in [2.45, 2.75) is 45.6 Å². The molecule has 1 aromatic rings. The maximum absolute atomic E-state index is 12.0. The van der Waals surface area contributed by atoms with Gasteiger partial charge in [-0.25, -0.2) is 0 Å². The minimum Gasteiger partial charge on any atom is -0.395 e. The van der Waals surface area contributed by atoms with Gasteiger partial charge in [-0.15, -0.1) is 11.3 Å². The van der Waals surface area contributed by atoms with Crippen molar-refractivity contribution < 1.29 is 9.90 Å². The van der Waals surface area contributed by atoms with E-state index < -0.39 is 0 Å². The number of amides is 1. The Kier molecular flexibility index (Phi) is 6.21. The number of aliphatic hydroxyl groups is 1. The number of nitrogens with zero attached hydrogens (tertiary/aromatic N) is 1. The van der Waals surface area contributed by atoms with Gasteiger partial charge in [0.05, 0.1) is 12.2 Å². The monoisotopic (exact) mass is 310 g/mol. The Morgan fingerprint density at radius 1 is 1.48 bits per heavy atom. The van der Waals surface area contributed by atoms with Crippen LogP contribution in [0.4, 0.5) is 0 Å². The lowest BCUT2D eigenvalue weighted by molar-refractivity contribution is 0.0952. The molecule has 1 fully saturated rings. The summed E-state index contributed by atoms with van der Waals surface area (Å²) in [6.07, 6.45) is 4.36. The van der Waals surface area contributed by atoms with Gasteiger partial charge >= 0.3 is 0 Å². The molecule has 118 valence electrons. The maximum atomic E-state index is 12.0. The van der Waals surface area contributed by atoms with Crippen molar-refractivity contribution in [3.8, 4) is 0 Å². The van der Waals surface area contributed by atoms with Crippen LogP contribution in [-0.2, 0) is 0 Å². The van der Waals surface area contributed by atoms with Gasteiger partial charge in [0.1, 0.15) is 0 Å². The Balaban J connectivity index is 1.63. The van der Waals surface area contributed by atoms with E-state index in [2.05, 4.69) is 10.2 Å². The van der Waals surface area contributed by atoms with E-state index >= 15 is 0 Å². The van der Waals surface area contributed by atoms with Gasteiger partial charge in [-0.2, -0.15) is 0 Å². The Morgan fingerprint density at radius 2 is 2.29 bits per heavy atom. The van der Waals surface area contributed by atoms with E-state index in [-0.39, 0.29) is 12.5 Å². The van der Waals surface area contributed by atoms with Crippen molar-refractivity contribution in [2.75, 3.05) is 26.2 Å². The van der Waals surface area contributed by atoms with Gasteiger partial charge in [-0.05, 0) is 58.7 Å². The molecule has 0 bridgehead atoms. The number of carbonyl (C=O) groups excluding carboxylic acids is 1. The lowest BCUT2D eigenvalue weighted by Gasteiger charge is -2.22. The number of carbonyl (C=O) groups is 1. The number of likely N-dealkylation sites (tertiary alicyclic amines) is 1. The van der Waals surface area contributed by atoms with E-state index in [0.29, 0.717) is 6.04 Å². The lowest BCUT2D eigenvalue weighted by Crippen LogP contribution is -2.33. The molecule has 4 nitrogen and oxygen atoms in total. The molecular weight excluding hydrogens is 284 g/mol. The molecule has 0 radical (unpaired) electrons. The highest BCUT2D eigenvalue weighted by atomic mass is 32.1. The second-order valence-electron chi connectivity index (χ2n) is 5.80. The molecule has 0 spiro atoms. The third-order valence-corrected chi connectivity index (χ3v) is 5.12. The molecule has 0 aliphatic carbocycles. The van der Waals surface area contributed by atoms with Crippen LogP contribution in [0.25, 0.3) is 0 Å². The molecule has 1 aliphatic heterocycles. The van der Waals surface area contributed by atoms with E-state index in [1.165, 1.54) is 11.3 Å². The van der Waals surface area contributed by atoms with Gasteiger partial charge in [0.2, 0.25) is 0 Å². The number of nitrogens with one attached hydrogen (secondary N) is 1. The van der Waals surface area contributed by atoms with Gasteiger partial charge in [-0.1, -0.05) is 0 Å². The second kappa shape index (κ2) is 7.92. The topological polar surface area (TPSA) is 52.6 Å². The quantitative estimate of drug-likeness (QED) is 0.760. The van der Waals surface area contributed by atoms with E-state index in [1.807, 2.05) is 19.9 Å². The van der Waals surface area contributed by atoms with E-state index in [0.717, 1.165) is 49.3 Å². The molecule has 0 aromatic carbocycles. The number of unbranched alkanes of at least 4 members (excludes halogenated alkanes) is 1. The lowest BCUT2D eigenvalue weighted by atomic mass is 10.2. The molecule has 2 N–H and O–H groups in total. The number of hydrogen-bond acceptors (Lipinski definition) is 4. The van der Waals surface area contributed by atoms with Crippen LogP contribution >= 0.6 is 11.3 Å². The van der Waals surface area contributed by atoms with Crippen LogP contribution in [0.15, 0.2) is 6.07 Å². The first-order valence-electron chi connectivity index (χ1n) is 7.82. The van der Waals surface area contributed by atoms with Crippen LogP contribution in [0.5, 0.6) is 0 Å². The minimum absolute atomic E-state index is 0.0475. The zero-order valence-corrected chi connectivity index (χ0v) is 13.8. The Bertz CT molecular complexity index is 473. The SMILES string of the molecule is Cc1cc(C(=O)NCCCCN2CCCC2CO)c(C)s1. The molecule has 2 rings (SSSR count). The van der Waals surface area contributed by atoms with Crippen molar-refractivity contribution >= 4 is 17.2 Å². The fraction of sp³-hybridized carbons (Fsp3) is 0.688. The summed E-state index contributed by atoms with van der Waals surface area (Å²) >= 11 is 1.67. The molecular formula is C16H26N2O2S. The fourth-order valence-corrected chi connectivity index (χ4v) is 3.91.